The van der Waals surface area contributed by atoms with Crippen LogP contribution < -0.4 is 10.6 Å². The van der Waals surface area contributed by atoms with Crippen molar-refractivity contribution in [3.63, 3.8) is 0 Å². The van der Waals surface area contributed by atoms with Gasteiger partial charge in [0.15, 0.2) is 0 Å². The highest BCUT2D eigenvalue weighted by atomic mass is 32.1. The predicted octanol–water partition coefficient (Wildman–Crippen LogP) is 5.11. The van der Waals surface area contributed by atoms with Gasteiger partial charge in [-0.3, -0.25) is 14.5 Å². The number of thiophene rings is 1. The number of ether oxygens (including phenoxy) is 1. The summed E-state index contributed by atoms with van der Waals surface area (Å²) in [5.74, 6) is -1.02. The minimum absolute atomic E-state index is 0.0345. The van der Waals surface area contributed by atoms with E-state index < -0.39 is 12.0 Å². The number of nitrogens with zero attached hydrogens (tertiary/aromatic N) is 1. The number of likely N-dealkylation sites (N-methyl/N-ethyl adjacent to an activating group) is 1. The average Bonchev–Trinajstić information content (AvgIpc) is 3.25. The first-order chi connectivity index (χ1) is 16.7. The monoisotopic (exact) mass is 493 g/mol. The van der Waals surface area contributed by atoms with Crippen LogP contribution in [0.5, 0.6) is 0 Å². The smallest absolute Gasteiger partial charge is 0.341 e. The van der Waals surface area contributed by atoms with E-state index >= 15 is 0 Å². The van der Waals surface area contributed by atoms with Gasteiger partial charge in [-0.15, -0.1) is 11.3 Å². The van der Waals surface area contributed by atoms with Crippen molar-refractivity contribution < 1.29 is 19.1 Å². The van der Waals surface area contributed by atoms with Gasteiger partial charge in [-0.25, -0.2) is 4.79 Å². The predicted molar refractivity (Wildman–Crippen MR) is 141 cm³/mol. The fourth-order valence-corrected chi connectivity index (χ4v) is 4.61. The molecule has 0 radical (unpaired) electrons. The number of benzene rings is 2. The van der Waals surface area contributed by atoms with Crippen LogP contribution in [0, 0.1) is 13.8 Å². The third-order valence-electron chi connectivity index (χ3n) is 5.70. The minimum atomic E-state index is -0.615. The number of carbonyl (C=O) groups is 3. The van der Waals surface area contributed by atoms with Crippen molar-refractivity contribution in [3.05, 3.63) is 71.3 Å². The third-order valence-corrected chi connectivity index (χ3v) is 6.80. The average molecular weight is 494 g/mol. The van der Waals surface area contributed by atoms with Gasteiger partial charge in [-0.2, -0.15) is 0 Å². The number of anilines is 2. The quantitative estimate of drug-likeness (QED) is 0.405. The first-order valence-corrected chi connectivity index (χ1v) is 12.3. The lowest BCUT2D eigenvalue weighted by molar-refractivity contribution is -0.122. The topological polar surface area (TPSA) is 87.7 Å². The molecule has 2 amide bonds. The Morgan fingerprint density at radius 2 is 1.66 bits per heavy atom. The highest BCUT2D eigenvalue weighted by molar-refractivity contribution is 7.20. The molecule has 0 saturated carbocycles. The first kappa shape index (κ1) is 26.1. The number of hydrogen-bond acceptors (Lipinski definition) is 6. The molecule has 0 spiro atoms. The maximum atomic E-state index is 13.1. The van der Waals surface area contributed by atoms with Crippen LogP contribution in [-0.2, 0) is 14.3 Å². The van der Waals surface area contributed by atoms with Gasteiger partial charge in [0.05, 0.1) is 24.8 Å². The number of rotatable bonds is 9. The summed E-state index contributed by atoms with van der Waals surface area (Å²) in [6, 6.07) is 16.6. The van der Waals surface area contributed by atoms with Crippen molar-refractivity contribution in [2.45, 2.75) is 33.7 Å². The van der Waals surface area contributed by atoms with E-state index in [0.29, 0.717) is 10.6 Å². The van der Waals surface area contributed by atoms with E-state index in [2.05, 4.69) is 10.6 Å². The molecule has 2 aromatic carbocycles. The van der Waals surface area contributed by atoms with Gasteiger partial charge in [0.25, 0.3) is 0 Å². The van der Waals surface area contributed by atoms with E-state index in [1.807, 2.05) is 62.4 Å². The van der Waals surface area contributed by atoms with Crippen molar-refractivity contribution in [2.75, 3.05) is 30.8 Å². The highest BCUT2D eigenvalue weighted by Crippen LogP contribution is 2.36. The molecule has 0 bridgehead atoms. The second-order valence-electron chi connectivity index (χ2n) is 8.34. The molecule has 8 heteroatoms. The number of esters is 1. The van der Waals surface area contributed by atoms with Crippen molar-refractivity contribution in [1.82, 2.24) is 4.90 Å². The largest absolute Gasteiger partial charge is 0.462 e. The summed E-state index contributed by atoms with van der Waals surface area (Å²) in [5, 5.41) is 6.23. The Hall–Kier alpha value is -3.49. The normalized spacial score (nSPS) is 11.7. The fourth-order valence-electron chi connectivity index (χ4n) is 3.56. The lowest BCUT2D eigenvalue weighted by Crippen LogP contribution is -2.43. The molecule has 35 heavy (non-hydrogen) atoms. The maximum absolute atomic E-state index is 13.1. The second kappa shape index (κ2) is 11.8. The van der Waals surface area contributed by atoms with Gasteiger partial charge < -0.3 is 15.4 Å². The second-order valence-corrected chi connectivity index (χ2v) is 9.39. The molecule has 3 rings (SSSR count). The standard InChI is InChI=1S/C27H31N3O4S/c1-6-34-27(33)21-15-22(20-13-8-7-9-14-20)35-26(21)29-25(32)19(4)30(5)16-23(31)28-24-17(2)11-10-12-18(24)3/h7-15,19H,6,16H2,1-5H3,(H,28,31)(H,29,32)/t19-/m1/s1. The Balaban J connectivity index is 1.71. The van der Waals surface area contributed by atoms with Crippen LogP contribution in [0.4, 0.5) is 10.7 Å². The Morgan fingerprint density at radius 3 is 2.29 bits per heavy atom. The van der Waals surface area contributed by atoms with E-state index in [1.165, 1.54) is 11.3 Å². The van der Waals surface area contributed by atoms with Gasteiger partial charge in [0.2, 0.25) is 11.8 Å². The molecule has 0 aliphatic heterocycles. The summed E-state index contributed by atoms with van der Waals surface area (Å²) in [6.45, 7) is 7.60. The molecule has 0 saturated heterocycles. The Labute approximate surface area is 210 Å². The minimum Gasteiger partial charge on any atom is -0.462 e. The summed E-state index contributed by atoms with van der Waals surface area (Å²) in [6.07, 6.45) is 0. The van der Waals surface area contributed by atoms with Crippen molar-refractivity contribution in [2.24, 2.45) is 0 Å². The van der Waals surface area contributed by atoms with Gasteiger partial charge >= 0.3 is 5.97 Å². The number of para-hydroxylation sites is 1. The molecular formula is C27H31N3O4S. The molecule has 0 aliphatic rings. The van der Waals surface area contributed by atoms with Crippen LogP contribution in [0.2, 0.25) is 0 Å². The van der Waals surface area contributed by atoms with E-state index in [9.17, 15) is 14.4 Å². The molecule has 0 aliphatic carbocycles. The molecule has 2 N–H and O–H groups in total. The van der Waals surface area contributed by atoms with Crippen molar-refractivity contribution in [3.8, 4) is 10.4 Å². The molecule has 7 nitrogen and oxygen atoms in total. The zero-order chi connectivity index (χ0) is 25.5. The van der Waals surface area contributed by atoms with Crippen LogP contribution in [0.25, 0.3) is 10.4 Å². The zero-order valence-electron chi connectivity index (χ0n) is 20.7. The van der Waals surface area contributed by atoms with Gasteiger partial charge in [0.1, 0.15) is 5.00 Å². The highest BCUT2D eigenvalue weighted by Gasteiger charge is 2.25. The number of nitrogens with one attached hydrogen (secondary N) is 2. The molecule has 1 heterocycles. The van der Waals surface area contributed by atoms with Crippen LogP contribution in [-0.4, -0.2) is 48.9 Å². The lowest BCUT2D eigenvalue weighted by atomic mass is 10.1. The number of carbonyl (C=O) groups excluding carboxylic acids is 3. The summed E-state index contributed by atoms with van der Waals surface area (Å²) in [4.78, 5) is 40.7. The molecule has 0 unspecified atom stereocenters. The van der Waals surface area contributed by atoms with Crippen LogP contribution in [0.1, 0.15) is 35.3 Å². The van der Waals surface area contributed by atoms with Gasteiger partial charge in [-0.05, 0) is 57.5 Å². The summed E-state index contributed by atoms with van der Waals surface area (Å²) in [7, 11) is 1.71. The Kier molecular flexibility index (Phi) is 8.78. The number of aryl methyl sites for hydroxylation is 2. The Morgan fingerprint density at radius 1 is 1.00 bits per heavy atom. The maximum Gasteiger partial charge on any atom is 0.341 e. The fraction of sp³-hybridized carbons (Fsp3) is 0.296. The molecule has 1 aromatic heterocycles. The van der Waals surface area contributed by atoms with E-state index in [0.717, 1.165) is 27.3 Å². The number of hydrogen-bond donors (Lipinski definition) is 2. The van der Waals surface area contributed by atoms with Crippen molar-refractivity contribution in [1.29, 1.82) is 0 Å². The first-order valence-electron chi connectivity index (χ1n) is 11.4. The van der Waals surface area contributed by atoms with E-state index in [-0.39, 0.29) is 25.0 Å². The van der Waals surface area contributed by atoms with Crippen molar-refractivity contribution >= 4 is 39.8 Å². The lowest BCUT2D eigenvalue weighted by Gasteiger charge is -2.23. The van der Waals surface area contributed by atoms with E-state index in [1.54, 1.807) is 31.9 Å². The zero-order valence-corrected chi connectivity index (χ0v) is 21.5. The van der Waals surface area contributed by atoms with Crippen LogP contribution in [0.15, 0.2) is 54.6 Å². The van der Waals surface area contributed by atoms with Crippen LogP contribution in [0.3, 0.4) is 0 Å². The SMILES string of the molecule is CCOC(=O)c1cc(-c2ccccc2)sc1NC(=O)[C@@H](C)N(C)CC(=O)Nc1c(C)cccc1C. The molecule has 184 valence electrons. The summed E-state index contributed by atoms with van der Waals surface area (Å²) in [5.41, 5.74) is 3.99. The molecule has 3 aromatic rings. The molecule has 1 atom stereocenters. The summed E-state index contributed by atoms with van der Waals surface area (Å²) >= 11 is 1.31. The Bertz CT molecular complexity index is 1190. The van der Waals surface area contributed by atoms with Gasteiger partial charge in [-0.1, -0.05) is 48.5 Å². The van der Waals surface area contributed by atoms with Gasteiger partial charge in [0, 0.05) is 10.6 Å². The van der Waals surface area contributed by atoms with E-state index in [4.69, 9.17) is 4.74 Å². The molecular weight excluding hydrogens is 462 g/mol. The molecule has 0 fully saturated rings. The number of amides is 2. The third kappa shape index (κ3) is 6.55. The van der Waals surface area contributed by atoms with Crippen LogP contribution >= 0.6 is 11.3 Å². The summed E-state index contributed by atoms with van der Waals surface area (Å²) < 4.78 is 5.19.